The Morgan fingerprint density at radius 2 is 1.97 bits per heavy atom. The van der Waals surface area contributed by atoms with E-state index in [0.29, 0.717) is 21.7 Å². The number of hydrogen-bond acceptors (Lipinski definition) is 4. The minimum Gasteiger partial charge on any atom is -0.324 e. The van der Waals surface area contributed by atoms with Crippen LogP contribution >= 0.6 is 11.6 Å². The molecule has 4 rings (SSSR count). The van der Waals surface area contributed by atoms with Gasteiger partial charge in [-0.25, -0.2) is 9.67 Å². The Balaban J connectivity index is 1.64. The van der Waals surface area contributed by atoms with E-state index >= 15 is 0 Å². The fraction of sp³-hybridized carbons (Fsp3) is 0.143. The van der Waals surface area contributed by atoms with Crippen molar-refractivity contribution < 1.29 is 4.79 Å². The fourth-order valence-electron chi connectivity index (χ4n) is 3.12. The molecule has 4 aromatic rings. The summed E-state index contributed by atoms with van der Waals surface area (Å²) in [5.41, 5.74) is 3.74. The van der Waals surface area contributed by atoms with E-state index < -0.39 is 0 Å². The van der Waals surface area contributed by atoms with Gasteiger partial charge in [0.05, 0.1) is 11.9 Å². The molecule has 7 nitrogen and oxygen atoms in total. The van der Waals surface area contributed by atoms with Crippen LogP contribution in [0.2, 0.25) is 5.02 Å². The Morgan fingerprint density at radius 1 is 1.17 bits per heavy atom. The normalized spacial score (nSPS) is 11.0. The summed E-state index contributed by atoms with van der Waals surface area (Å²) in [5.74, 6) is -0.350. The molecule has 0 radical (unpaired) electrons. The van der Waals surface area contributed by atoms with E-state index in [1.54, 1.807) is 28.9 Å². The number of aromatic nitrogens is 4. The topological polar surface area (TPSA) is 81.8 Å². The Bertz CT molecular complexity index is 1290. The maximum atomic E-state index is 12.8. The number of anilines is 1. The van der Waals surface area contributed by atoms with Crippen LogP contribution in [0.4, 0.5) is 5.69 Å². The van der Waals surface area contributed by atoms with Gasteiger partial charge < -0.3 is 5.32 Å². The summed E-state index contributed by atoms with van der Waals surface area (Å²) in [4.78, 5) is 29.5. The summed E-state index contributed by atoms with van der Waals surface area (Å²) in [6.07, 6.45) is 2.85. The lowest BCUT2D eigenvalue weighted by atomic mass is 10.1. The van der Waals surface area contributed by atoms with E-state index in [1.165, 1.54) is 17.1 Å². The third-order valence-electron chi connectivity index (χ3n) is 4.78. The van der Waals surface area contributed by atoms with Gasteiger partial charge in [0.1, 0.15) is 18.3 Å². The second-order valence-corrected chi connectivity index (χ2v) is 7.19. The molecule has 29 heavy (non-hydrogen) atoms. The van der Waals surface area contributed by atoms with Gasteiger partial charge in [-0.05, 0) is 49.2 Å². The van der Waals surface area contributed by atoms with E-state index in [1.807, 2.05) is 32.0 Å². The minimum atomic E-state index is -0.350. The standard InChI is InChI=1S/C21H18ClN5O2/c1-13-5-3-8-18(14(13)2)27-20-17(10-24-27)21(29)26(12-23-20)11-19(28)25-16-7-4-6-15(22)9-16/h3-10,12H,11H2,1-2H3,(H,25,28). The average Bonchev–Trinajstić information content (AvgIpc) is 3.11. The maximum Gasteiger partial charge on any atom is 0.264 e. The number of fused-ring (bicyclic) bond motifs is 1. The summed E-state index contributed by atoms with van der Waals surface area (Å²) in [5, 5.41) is 7.94. The van der Waals surface area contributed by atoms with Crippen molar-refractivity contribution in [3.8, 4) is 5.69 Å². The Hall–Kier alpha value is -3.45. The third-order valence-corrected chi connectivity index (χ3v) is 5.02. The largest absolute Gasteiger partial charge is 0.324 e. The van der Waals surface area contributed by atoms with Gasteiger partial charge in [0, 0.05) is 10.7 Å². The van der Waals surface area contributed by atoms with Crippen molar-refractivity contribution in [3.05, 3.63) is 81.5 Å². The van der Waals surface area contributed by atoms with Crippen LogP contribution in [0.5, 0.6) is 0 Å². The van der Waals surface area contributed by atoms with Gasteiger partial charge in [0.2, 0.25) is 5.91 Å². The molecule has 1 amide bonds. The quantitative estimate of drug-likeness (QED) is 0.561. The zero-order chi connectivity index (χ0) is 20.5. The SMILES string of the molecule is Cc1cccc(-n2ncc3c(=O)n(CC(=O)Nc4cccc(Cl)c4)cnc32)c1C. The van der Waals surface area contributed by atoms with Crippen molar-refractivity contribution in [1.29, 1.82) is 0 Å². The second kappa shape index (κ2) is 7.52. The monoisotopic (exact) mass is 407 g/mol. The third kappa shape index (κ3) is 3.64. The van der Waals surface area contributed by atoms with Gasteiger partial charge in [-0.15, -0.1) is 0 Å². The molecule has 0 spiro atoms. The van der Waals surface area contributed by atoms with Crippen molar-refractivity contribution in [2.24, 2.45) is 0 Å². The van der Waals surface area contributed by atoms with Crippen LogP contribution in [-0.2, 0) is 11.3 Å². The van der Waals surface area contributed by atoms with Crippen LogP contribution in [0.3, 0.4) is 0 Å². The number of carbonyl (C=O) groups excluding carboxylic acids is 1. The molecular weight excluding hydrogens is 390 g/mol. The van der Waals surface area contributed by atoms with Crippen LogP contribution in [-0.4, -0.2) is 25.2 Å². The molecule has 8 heteroatoms. The van der Waals surface area contributed by atoms with E-state index in [0.717, 1.165) is 16.8 Å². The summed E-state index contributed by atoms with van der Waals surface area (Å²) >= 11 is 5.93. The number of nitrogens with one attached hydrogen (secondary N) is 1. The number of nitrogens with zero attached hydrogens (tertiary/aromatic N) is 4. The first-order valence-electron chi connectivity index (χ1n) is 8.99. The van der Waals surface area contributed by atoms with Crippen molar-refractivity contribution in [2.45, 2.75) is 20.4 Å². The zero-order valence-corrected chi connectivity index (χ0v) is 16.6. The molecule has 146 valence electrons. The van der Waals surface area contributed by atoms with Gasteiger partial charge in [0.25, 0.3) is 5.56 Å². The molecule has 0 fully saturated rings. The van der Waals surface area contributed by atoms with E-state index in [-0.39, 0.29) is 18.0 Å². The molecule has 1 N–H and O–H groups in total. The molecule has 0 aliphatic carbocycles. The lowest BCUT2D eigenvalue weighted by Gasteiger charge is -2.10. The Labute approximate surface area is 171 Å². The lowest BCUT2D eigenvalue weighted by molar-refractivity contribution is -0.116. The van der Waals surface area contributed by atoms with Crippen LogP contribution in [0.1, 0.15) is 11.1 Å². The van der Waals surface area contributed by atoms with E-state index in [2.05, 4.69) is 15.4 Å². The van der Waals surface area contributed by atoms with Gasteiger partial charge in [-0.3, -0.25) is 14.2 Å². The Kier molecular flexibility index (Phi) is 4.90. The minimum absolute atomic E-state index is 0.164. The number of carbonyl (C=O) groups is 1. The molecule has 0 saturated heterocycles. The highest BCUT2D eigenvalue weighted by Gasteiger charge is 2.15. The van der Waals surface area contributed by atoms with Crippen LogP contribution in [0.25, 0.3) is 16.7 Å². The highest BCUT2D eigenvalue weighted by Crippen LogP contribution is 2.20. The first-order chi connectivity index (χ1) is 13.9. The average molecular weight is 408 g/mol. The second-order valence-electron chi connectivity index (χ2n) is 6.75. The molecule has 0 atom stereocenters. The van der Waals surface area contributed by atoms with Crippen molar-refractivity contribution >= 4 is 34.2 Å². The summed E-state index contributed by atoms with van der Waals surface area (Å²) in [7, 11) is 0. The molecule has 0 unspecified atom stereocenters. The summed E-state index contributed by atoms with van der Waals surface area (Å²) in [6, 6.07) is 12.7. The van der Waals surface area contributed by atoms with Crippen LogP contribution in [0, 0.1) is 13.8 Å². The number of halogens is 1. The summed E-state index contributed by atoms with van der Waals surface area (Å²) in [6.45, 7) is 3.85. The number of aryl methyl sites for hydroxylation is 1. The van der Waals surface area contributed by atoms with Gasteiger partial charge in [-0.2, -0.15) is 5.10 Å². The highest BCUT2D eigenvalue weighted by atomic mass is 35.5. The molecular formula is C21H18ClN5O2. The predicted octanol–water partition coefficient (Wildman–Crippen LogP) is 3.49. The van der Waals surface area contributed by atoms with Gasteiger partial charge >= 0.3 is 0 Å². The fourth-order valence-corrected chi connectivity index (χ4v) is 3.31. The molecule has 0 aliphatic rings. The number of hydrogen-bond donors (Lipinski definition) is 1. The maximum absolute atomic E-state index is 12.8. The zero-order valence-electron chi connectivity index (χ0n) is 15.9. The molecule has 0 saturated carbocycles. The number of rotatable bonds is 4. The van der Waals surface area contributed by atoms with Crippen molar-refractivity contribution in [1.82, 2.24) is 19.3 Å². The van der Waals surface area contributed by atoms with Gasteiger partial charge in [-0.1, -0.05) is 29.8 Å². The lowest BCUT2D eigenvalue weighted by Crippen LogP contribution is -2.27. The van der Waals surface area contributed by atoms with E-state index in [9.17, 15) is 9.59 Å². The van der Waals surface area contributed by atoms with Crippen LogP contribution in [0.15, 0.2) is 59.8 Å². The van der Waals surface area contributed by atoms with Crippen molar-refractivity contribution in [2.75, 3.05) is 5.32 Å². The molecule has 2 aromatic carbocycles. The summed E-state index contributed by atoms with van der Waals surface area (Å²) < 4.78 is 2.91. The predicted molar refractivity (Wildman–Crippen MR) is 113 cm³/mol. The smallest absolute Gasteiger partial charge is 0.264 e. The molecule has 0 aliphatic heterocycles. The molecule has 2 aromatic heterocycles. The first-order valence-corrected chi connectivity index (χ1v) is 9.37. The van der Waals surface area contributed by atoms with Gasteiger partial charge in [0.15, 0.2) is 5.65 Å². The van der Waals surface area contributed by atoms with E-state index in [4.69, 9.17) is 11.6 Å². The molecule has 0 bridgehead atoms. The highest BCUT2D eigenvalue weighted by molar-refractivity contribution is 6.30. The Morgan fingerprint density at radius 3 is 2.76 bits per heavy atom. The van der Waals surface area contributed by atoms with Crippen molar-refractivity contribution in [3.63, 3.8) is 0 Å². The first kappa shape index (κ1) is 18.9. The molecule has 2 heterocycles. The number of amides is 1. The van der Waals surface area contributed by atoms with Crippen LogP contribution < -0.4 is 10.9 Å². The number of benzene rings is 2.